The van der Waals surface area contributed by atoms with Crippen LogP contribution in [0, 0.1) is 6.92 Å². The van der Waals surface area contributed by atoms with Gasteiger partial charge in [-0.2, -0.15) is 0 Å². The maximum atomic E-state index is 11.9. The molecular formula is C14H18N2O2. The number of carbonyl (C=O) groups is 1. The molecule has 96 valence electrons. The average molecular weight is 246 g/mol. The van der Waals surface area contributed by atoms with Crippen LogP contribution in [0.25, 0.3) is 10.9 Å². The highest BCUT2D eigenvalue weighted by Crippen LogP contribution is 2.24. The number of carbonyl (C=O) groups excluding carboxylic acids is 1. The molecule has 0 aliphatic carbocycles. The molecule has 1 aromatic heterocycles. The summed E-state index contributed by atoms with van der Waals surface area (Å²) in [5.74, 6) is -0.310. The molecule has 2 rings (SSSR count). The van der Waals surface area contributed by atoms with Crippen LogP contribution in [0.3, 0.4) is 0 Å². The second kappa shape index (κ2) is 5.23. The van der Waals surface area contributed by atoms with Gasteiger partial charge in [0.05, 0.1) is 6.61 Å². The lowest BCUT2D eigenvalue weighted by atomic mass is 10.1. The summed E-state index contributed by atoms with van der Waals surface area (Å²) in [5, 5.41) is 1.06. The third-order valence-corrected chi connectivity index (χ3v) is 2.94. The van der Waals surface area contributed by atoms with Crippen molar-refractivity contribution in [2.24, 2.45) is 5.73 Å². The van der Waals surface area contributed by atoms with Gasteiger partial charge >= 0.3 is 5.97 Å². The van der Waals surface area contributed by atoms with E-state index in [4.69, 9.17) is 10.5 Å². The van der Waals surface area contributed by atoms with Gasteiger partial charge in [-0.15, -0.1) is 0 Å². The van der Waals surface area contributed by atoms with Crippen LogP contribution in [0.1, 0.15) is 28.5 Å². The Kier molecular flexibility index (Phi) is 3.67. The maximum absolute atomic E-state index is 11.9. The average Bonchev–Trinajstić information content (AvgIpc) is 2.69. The number of fused-ring (bicyclic) bond motifs is 1. The van der Waals surface area contributed by atoms with Crippen LogP contribution in [0.5, 0.6) is 0 Å². The topological polar surface area (TPSA) is 68.1 Å². The highest BCUT2D eigenvalue weighted by Gasteiger charge is 2.18. The molecule has 2 aromatic rings. The minimum Gasteiger partial charge on any atom is -0.461 e. The van der Waals surface area contributed by atoms with Crippen LogP contribution in [-0.2, 0) is 11.2 Å². The Morgan fingerprint density at radius 3 is 2.89 bits per heavy atom. The molecule has 0 saturated carbocycles. The van der Waals surface area contributed by atoms with Gasteiger partial charge in [0, 0.05) is 10.9 Å². The van der Waals surface area contributed by atoms with Crippen molar-refractivity contribution < 1.29 is 9.53 Å². The molecule has 0 bridgehead atoms. The predicted molar refractivity (Wildman–Crippen MR) is 71.8 cm³/mol. The molecule has 1 heterocycles. The predicted octanol–water partition coefficient (Wildman–Crippen LogP) is 2.15. The summed E-state index contributed by atoms with van der Waals surface area (Å²) >= 11 is 0. The van der Waals surface area contributed by atoms with E-state index in [1.165, 1.54) is 0 Å². The summed E-state index contributed by atoms with van der Waals surface area (Å²) in [6.07, 6.45) is 0.664. The molecule has 0 aliphatic heterocycles. The van der Waals surface area contributed by atoms with Crippen molar-refractivity contribution in [2.75, 3.05) is 13.2 Å². The molecule has 0 spiro atoms. The number of aromatic nitrogens is 1. The lowest BCUT2D eigenvalue weighted by molar-refractivity contribution is 0.0519. The van der Waals surface area contributed by atoms with E-state index in [-0.39, 0.29) is 5.97 Å². The summed E-state index contributed by atoms with van der Waals surface area (Å²) in [6, 6.07) is 6.06. The Balaban J connectivity index is 2.57. The number of esters is 1. The molecule has 0 fully saturated rings. The van der Waals surface area contributed by atoms with Crippen molar-refractivity contribution >= 4 is 16.9 Å². The van der Waals surface area contributed by atoms with Gasteiger partial charge in [-0.25, -0.2) is 4.79 Å². The number of H-pyrrole nitrogens is 1. The van der Waals surface area contributed by atoms with Crippen LogP contribution >= 0.6 is 0 Å². The summed E-state index contributed by atoms with van der Waals surface area (Å²) in [7, 11) is 0. The fourth-order valence-corrected chi connectivity index (χ4v) is 2.14. The summed E-state index contributed by atoms with van der Waals surface area (Å²) in [4.78, 5) is 15.0. The minimum absolute atomic E-state index is 0.310. The molecule has 0 radical (unpaired) electrons. The highest BCUT2D eigenvalue weighted by molar-refractivity contribution is 5.98. The Labute approximate surface area is 106 Å². The van der Waals surface area contributed by atoms with Gasteiger partial charge in [-0.05, 0) is 44.5 Å². The van der Waals surface area contributed by atoms with E-state index in [0.717, 1.165) is 22.0 Å². The van der Waals surface area contributed by atoms with E-state index in [0.29, 0.717) is 25.3 Å². The number of benzene rings is 1. The van der Waals surface area contributed by atoms with Gasteiger partial charge in [0.25, 0.3) is 0 Å². The Morgan fingerprint density at radius 1 is 1.44 bits per heavy atom. The van der Waals surface area contributed by atoms with Crippen LogP contribution in [0.4, 0.5) is 0 Å². The number of nitrogens with one attached hydrogen (secondary N) is 1. The SMILES string of the molecule is CCOC(=O)c1[nH]c2ccc(C)cc2c1CCN. The third-order valence-electron chi connectivity index (χ3n) is 2.94. The molecule has 3 N–H and O–H groups in total. The first-order valence-electron chi connectivity index (χ1n) is 6.15. The number of hydrogen-bond acceptors (Lipinski definition) is 3. The number of hydrogen-bond donors (Lipinski definition) is 2. The standard InChI is InChI=1S/C14H18N2O2/c1-3-18-14(17)13-10(6-7-15)11-8-9(2)4-5-12(11)16-13/h4-5,8,16H,3,6-7,15H2,1-2H3. The Morgan fingerprint density at radius 2 is 2.22 bits per heavy atom. The van der Waals surface area contributed by atoms with Gasteiger partial charge in [0.1, 0.15) is 5.69 Å². The van der Waals surface area contributed by atoms with Crippen molar-refractivity contribution in [3.63, 3.8) is 0 Å². The van der Waals surface area contributed by atoms with Gasteiger partial charge in [-0.1, -0.05) is 11.6 Å². The first-order valence-corrected chi connectivity index (χ1v) is 6.15. The zero-order valence-electron chi connectivity index (χ0n) is 10.7. The highest BCUT2D eigenvalue weighted by atomic mass is 16.5. The molecule has 4 nitrogen and oxygen atoms in total. The fraction of sp³-hybridized carbons (Fsp3) is 0.357. The van der Waals surface area contributed by atoms with E-state index in [2.05, 4.69) is 11.1 Å². The second-order valence-electron chi connectivity index (χ2n) is 4.29. The molecule has 0 atom stereocenters. The maximum Gasteiger partial charge on any atom is 0.355 e. The van der Waals surface area contributed by atoms with Crippen LogP contribution in [0.15, 0.2) is 18.2 Å². The van der Waals surface area contributed by atoms with Crippen molar-refractivity contribution in [1.82, 2.24) is 4.98 Å². The Hall–Kier alpha value is -1.81. The van der Waals surface area contributed by atoms with E-state index in [1.807, 2.05) is 19.1 Å². The summed E-state index contributed by atoms with van der Waals surface area (Å²) < 4.78 is 5.06. The summed E-state index contributed by atoms with van der Waals surface area (Å²) in [5.41, 5.74) is 9.22. The quantitative estimate of drug-likeness (QED) is 0.812. The molecule has 4 heteroatoms. The van der Waals surface area contributed by atoms with E-state index >= 15 is 0 Å². The number of nitrogens with two attached hydrogens (primary N) is 1. The zero-order valence-corrected chi connectivity index (χ0v) is 10.7. The number of aromatic amines is 1. The second-order valence-corrected chi connectivity index (χ2v) is 4.29. The zero-order chi connectivity index (χ0) is 13.1. The summed E-state index contributed by atoms with van der Waals surface area (Å²) in [6.45, 7) is 4.71. The number of rotatable bonds is 4. The first kappa shape index (κ1) is 12.6. The van der Waals surface area contributed by atoms with E-state index in [9.17, 15) is 4.79 Å². The van der Waals surface area contributed by atoms with Crippen LogP contribution in [0.2, 0.25) is 0 Å². The number of aryl methyl sites for hydroxylation is 1. The molecule has 0 unspecified atom stereocenters. The van der Waals surface area contributed by atoms with Gasteiger partial charge in [-0.3, -0.25) is 0 Å². The molecule has 1 aromatic carbocycles. The Bertz CT molecular complexity index is 572. The number of ether oxygens (including phenoxy) is 1. The van der Waals surface area contributed by atoms with E-state index in [1.54, 1.807) is 6.92 Å². The normalized spacial score (nSPS) is 10.8. The van der Waals surface area contributed by atoms with Crippen molar-refractivity contribution in [3.8, 4) is 0 Å². The van der Waals surface area contributed by atoms with Gasteiger partial charge in [0.2, 0.25) is 0 Å². The molecule has 0 amide bonds. The lowest BCUT2D eigenvalue weighted by Crippen LogP contribution is -2.10. The van der Waals surface area contributed by atoms with Crippen molar-refractivity contribution in [3.05, 3.63) is 35.0 Å². The first-order chi connectivity index (χ1) is 8.67. The molecule has 18 heavy (non-hydrogen) atoms. The van der Waals surface area contributed by atoms with Gasteiger partial charge in [0.15, 0.2) is 0 Å². The van der Waals surface area contributed by atoms with Crippen molar-refractivity contribution in [2.45, 2.75) is 20.3 Å². The smallest absolute Gasteiger partial charge is 0.355 e. The largest absolute Gasteiger partial charge is 0.461 e. The van der Waals surface area contributed by atoms with Crippen LogP contribution in [-0.4, -0.2) is 24.1 Å². The van der Waals surface area contributed by atoms with Gasteiger partial charge < -0.3 is 15.5 Å². The molecule has 0 aliphatic rings. The lowest BCUT2D eigenvalue weighted by Gasteiger charge is -2.03. The van der Waals surface area contributed by atoms with Crippen LogP contribution < -0.4 is 5.73 Å². The third kappa shape index (κ3) is 2.24. The molecular weight excluding hydrogens is 228 g/mol. The monoisotopic (exact) mass is 246 g/mol. The van der Waals surface area contributed by atoms with E-state index < -0.39 is 0 Å². The molecule has 0 saturated heterocycles. The van der Waals surface area contributed by atoms with Crippen molar-refractivity contribution in [1.29, 1.82) is 0 Å². The minimum atomic E-state index is -0.310. The fourth-order valence-electron chi connectivity index (χ4n) is 2.14.